The molecular formula is C42H25N3S. The first-order chi connectivity index (χ1) is 22.8. The molecule has 0 N–H and O–H groups in total. The molecule has 3 heterocycles. The number of rotatable bonds is 3. The summed E-state index contributed by atoms with van der Waals surface area (Å²) in [6.07, 6.45) is 0. The predicted octanol–water partition coefficient (Wildman–Crippen LogP) is 11.6. The van der Waals surface area contributed by atoms with Crippen molar-refractivity contribution in [1.29, 1.82) is 0 Å². The van der Waals surface area contributed by atoms with E-state index >= 15 is 0 Å². The van der Waals surface area contributed by atoms with E-state index in [1.165, 1.54) is 47.3 Å². The summed E-state index contributed by atoms with van der Waals surface area (Å²) in [5, 5.41) is 8.44. The van der Waals surface area contributed by atoms with Crippen LogP contribution in [0.3, 0.4) is 0 Å². The second-order valence-corrected chi connectivity index (χ2v) is 12.9. The van der Waals surface area contributed by atoms with Crippen molar-refractivity contribution < 1.29 is 0 Å². The van der Waals surface area contributed by atoms with Crippen LogP contribution in [0.1, 0.15) is 0 Å². The Hall–Kier alpha value is -5.84. The lowest BCUT2D eigenvalue weighted by atomic mass is 10.00. The highest BCUT2D eigenvalue weighted by Gasteiger charge is 2.21. The predicted molar refractivity (Wildman–Crippen MR) is 195 cm³/mol. The second kappa shape index (κ2) is 9.83. The van der Waals surface area contributed by atoms with Crippen molar-refractivity contribution in [3.63, 3.8) is 0 Å². The molecule has 0 spiro atoms. The quantitative estimate of drug-likeness (QED) is 0.201. The van der Waals surface area contributed by atoms with E-state index in [0.29, 0.717) is 5.95 Å². The smallest absolute Gasteiger partial charge is 0.235 e. The summed E-state index contributed by atoms with van der Waals surface area (Å²) >= 11 is 1.85. The van der Waals surface area contributed by atoms with Gasteiger partial charge in [0, 0.05) is 47.5 Å². The van der Waals surface area contributed by atoms with Crippen LogP contribution in [0.25, 0.3) is 92.0 Å². The molecule has 0 saturated carbocycles. The molecule has 46 heavy (non-hydrogen) atoms. The molecule has 10 rings (SSSR count). The Balaban J connectivity index is 1.34. The largest absolute Gasteiger partial charge is 0.277 e. The number of hydrogen-bond acceptors (Lipinski definition) is 3. The van der Waals surface area contributed by atoms with Gasteiger partial charge in [-0.25, -0.2) is 9.97 Å². The van der Waals surface area contributed by atoms with Gasteiger partial charge in [0.1, 0.15) is 0 Å². The van der Waals surface area contributed by atoms with Crippen LogP contribution in [-0.2, 0) is 0 Å². The molecular weight excluding hydrogens is 579 g/mol. The molecule has 3 aromatic heterocycles. The molecule has 0 unspecified atom stereocenters. The summed E-state index contributed by atoms with van der Waals surface area (Å²) < 4.78 is 4.89. The Kier molecular flexibility index (Phi) is 5.45. The van der Waals surface area contributed by atoms with Crippen LogP contribution < -0.4 is 0 Å². The summed E-state index contributed by atoms with van der Waals surface area (Å²) in [4.78, 5) is 10.6. The molecule has 3 nitrogen and oxygen atoms in total. The van der Waals surface area contributed by atoms with Gasteiger partial charge in [0.05, 0.1) is 22.2 Å². The molecule has 7 aromatic carbocycles. The fraction of sp³-hybridized carbons (Fsp3) is 0. The first-order valence-electron chi connectivity index (χ1n) is 15.5. The maximum absolute atomic E-state index is 5.36. The van der Waals surface area contributed by atoms with Crippen LogP contribution in [0.4, 0.5) is 0 Å². The Morgan fingerprint density at radius 1 is 0.457 bits per heavy atom. The van der Waals surface area contributed by atoms with E-state index in [4.69, 9.17) is 9.97 Å². The van der Waals surface area contributed by atoms with Gasteiger partial charge in [-0.2, -0.15) is 0 Å². The first kappa shape index (κ1) is 25.5. The zero-order valence-electron chi connectivity index (χ0n) is 24.7. The molecule has 0 fully saturated rings. The Bertz CT molecular complexity index is 2810. The third-order valence-corrected chi connectivity index (χ3v) is 10.3. The minimum Gasteiger partial charge on any atom is -0.277 e. The third kappa shape index (κ3) is 3.77. The van der Waals surface area contributed by atoms with Gasteiger partial charge in [0.15, 0.2) is 0 Å². The Labute approximate surface area is 268 Å². The number of thiophene rings is 1. The lowest BCUT2D eigenvalue weighted by Gasteiger charge is -2.14. The van der Waals surface area contributed by atoms with Gasteiger partial charge in [0.25, 0.3) is 0 Å². The minimum absolute atomic E-state index is 0.670. The lowest BCUT2D eigenvalue weighted by Crippen LogP contribution is -2.04. The number of fused-ring (bicyclic) bond motifs is 8. The summed E-state index contributed by atoms with van der Waals surface area (Å²) in [6.45, 7) is 0. The highest BCUT2D eigenvalue weighted by molar-refractivity contribution is 7.25. The summed E-state index contributed by atoms with van der Waals surface area (Å²) in [6, 6.07) is 54.2. The average molecular weight is 604 g/mol. The van der Waals surface area contributed by atoms with Crippen molar-refractivity contribution >= 4 is 75.0 Å². The zero-order valence-corrected chi connectivity index (χ0v) is 25.5. The lowest BCUT2D eigenvalue weighted by molar-refractivity contribution is 1.01. The Morgan fingerprint density at radius 2 is 1.17 bits per heavy atom. The van der Waals surface area contributed by atoms with Gasteiger partial charge in [-0.1, -0.05) is 121 Å². The van der Waals surface area contributed by atoms with E-state index in [-0.39, 0.29) is 0 Å². The van der Waals surface area contributed by atoms with E-state index < -0.39 is 0 Å². The van der Waals surface area contributed by atoms with Crippen molar-refractivity contribution in [2.24, 2.45) is 0 Å². The first-order valence-corrected chi connectivity index (χ1v) is 16.3. The fourth-order valence-electron chi connectivity index (χ4n) is 7.07. The van der Waals surface area contributed by atoms with Gasteiger partial charge in [-0.15, -0.1) is 11.3 Å². The normalized spacial score (nSPS) is 11.9. The van der Waals surface area contributed by atoms with Crippen molar-refractivity contribution in [2.75, 3.05) is 0 Å². The van der Waals surface area contributed by atoms with Crippen LogP contribution in [0.5, 0.6) is 0 Å². The number of benzene rings is 7. The van der Waals surface area contributed by atoms with Crippen LogP contribution in [0.15, 0.2) is 152 Å². The Morgan fingerprint density at radius 3 is 2.07 bits per heavy atom. The van der Waals surface area contributed by atoms with Crippen molar-refractivity contribution in [2.45, 2.75) is 0 Å². The molecule has 0 atom stereocenters. The molecule has 10 aromatic rings. The monoisotopic (exact) mass is 603 g/mol. The van der Waals surface area contributed by atoms with Gasteiger partial charge in [-0.05, 0) is 46.7 Å². The summed E-state index contributed by atoms with van der Waals surface area (Å²) in [5.74, 6) is 0.670. The minimum atomic E-state index is 0.670. The van der Waals surface area contributed by atoms with Gasteiger partial charge in [0.2, 0.25) is 5.95 Å². The van der Waals surface area contributed by atoms with E-state index in [1.54, 1.807) is 0 Å². The van der Waals surface area contributed by atoms with Crippen LogP contribution in [0.2, 0.25) is 0 Å². The highest BCUT2D eigenvalue weighted by atomic mass is 32.1. The molecule has 0 bridgehead atoms. The molecule has 4 heteroatoms. The molecule has 0 aliphatic carbocycles. The van der Waals surface area contributed by atoms with E-state index in [9.17, 15) is 0 Å². The van der Waals surface area contributed by atoms with Crippen LogP contribution >= 0.6 is 11.3 Å². The topological polar surface area (TPSA) is 30.7 Å². The third-order valence-electron chi connectivity index (χ3n) is 9.18. The maximum atomic E-state index is 5.36. The average Bonchev–Trinajstić information content (AvgIpc) is 3.65. The molecule has 0 amide bonds. The molecule has 214 valence electrons. The van der Waals surface area contributed by atoms with E-state index in [0.717, 1.165) is 38.8 Å². The molecule has 0 aliphatic rings. The number of nitrogens with zero attached hydrogens (tertiary/aromatic N) is 3. The highest BCUT2D eigenvalue weighted by Crippen LogP contribution is 2.42. The van der Waals surface area contributed by atoms with Crippen molar-refractivity contribution in [1.82, 2.24) is 14.5 Å². The SMILES string of the molecule is c1ccc(-c2nc(-n3c4cc5ccccc5cc4c4cccc(-c5ccc6c(c5)sc5ccccc56)c43)nc3ccccc23)cc1. The van der Waals surface area contributed by atoms with Crippen molar-refractivity contribution in [3.05, 3.63) is 152 Å². The van der Waals surface area contributed by atoms with Crippen LogP contribution in [-0.4, -0.2) is 14.5 Å². The van der Waals surface area contributed by atoms with Gasteiger partial charge in [-0.3, -0.25) is 4.57 Å². The summed E-state index contributed by atoms with van der Waals surface area (Å²) in [7, 11) is 0. The summed E-state index contributed by atoms with van der Waals surface area (Å²) in [5.41, 5.74) is 7.48. The molecule has 0 aliphatic heterocycles. The molecule has 0 radical (unpaired) electrons. The second-order valence-electron chi connectivity index (χ2n) is 11.8. The van der Waals surface area contributed by atoms with Gasteiger partial charge < -0.3 is 0 Å². The number of para-hydroxylation sites is 2. The van der Waals surface area contributed by atoms with Crippen molar-refractivity contribution in [3.8, 4) is 28.3 Å². The zero-order chi connectivity index (χ0) is 30.2. The maximum Gasteiger partial charge on any atom is 0.235 e. The molecule has 0 saturated heterocycles. The van der Waals surface area contributed by atoms with E-state index in [2.05, 4.69) is 150 Å². The number of aromatic nitrogens is 3. The van der Waals surface area contributed by atoms with Crippen LogP contribution in [0, 0.1) is 0 Å². The number of hydrogen-bond donors (Lipinski definition) is 0. The standard InChI is InChI=1S/C42H25N3S/c1-2-11-26(12-3-1)40-34-16-6-8-19-36(34)43-42(44-40)45-37-24-28-14-5-4-13-27(28)23-35(37)33-18-10-17-30(41(33)45)29-21-22-32-31-15-7-9-20-38(31)46-39(32)25-29/h1-25H. The fourth-order valence-corrected chi connectivity index (χ4v) is 8.21. The van der Waals surface area contributed by atoms with E-state index in [1.807, 2.05) is 17.4 Å². The van der Waals surface area contributed by atoms with Gasteiger partial charge >= 0.3 is 0 Å².